The van der Waals surface area contributed by atoms with Crippen molar-refractivity contribution in [3.63, 3.8) is 0 Å². The minimum Gasteiger partial charge on any atom is -0.444 e. The molecule has 3 heterocycles. The van der Waals surface area contributed by atoms with E-state index in [1.807, 2.05) is 41.5 Å². The molecule has 0 radical (unpaired) electrons. The summed E-state index contributed by atoms with van der Waals surface area (Å²) in [6.07, 6.45) is -0.347. The van der Waals surface area contributed by atoms with Crippen LogP contribution >= 0.6 is 11.8 Å². The standard InChI is InChI=1S/C30H37FN4O4S/c1-17-11-23-25-26(24(17)21-7-9-22(31)10-8-21)40-16-20(15-36)14-34(25)28(37)32-27(23)33-12-18(2)35(19(3)13-33)29(38)39-30(4,5)6/h7-11,18-20,36H,12-16H2,1-6H3/t18-,19+,20?. The Balaban J connectivity index is 1.64. The lowest BCUT2D eigenvalue weighted by Gasteiger charge is -2.45. The van der Waals surface area contributed by atoms with Crippen molar-refractivity contribution in [3.8, 4) is 11.1 Å². The lowest BCUT2D eigenvalue weighted by Crippen LogP contribution is -2.59. The van der Waals surface area contributed by atoms with Gasteiger partial charge in [-0.25, -0.2) is 14.0 Å². The molecule has 1 unspecified atom stereocenters. The Morgan fingerprint density at radius 2 is 1.80 bits per heavy atom. The van der Waals surface area contributed by atoms with Gasteiger partial charge in [0.2, 0.25) is 0 Å². The summed E-state index contributed by atoms with van der Waals surface area (Å²) in [6, 6.07) is 8.15. The highest BCUT2D eigenvalue weighted by Gasteiger charge is 2.37. The molecule has 2 aromatic carbocycles. The van der Waals surface area contributed by atoms with Crippen LogP contribution in [0.25, 0.3) is 22.0 Å². The molecule has 1 saturated heterocycles. The molecule has 40 heavy (non-hydrogen) atoms. The second kappa shape index (κ2) is 10.7. The van der Waals surface area contributed by atoms with Gasteiger partial charge in [-0.2, -0.15) is 4.98 Å². The monoisotopic (exact) mass is 568 g/mol. The lowest BCUT2D eigenvalue weighted by atomic mass is 9.97. The highest BCUT2D eigenvalue weighted by Crippen LogP contribution is 2.44. The van der Waals surface area contributed by atoms with Gasteiger partial charge in [-0.05, 0) is 70.9 Å². The number of benzene rings is 2. The van der Waals surface area contributed by atoms with Gasteiger partial charge in [-0.15, -0.1) is 11.8 Å². The van der Waals surface area contributed by atoms with Crippen molar-refractivity contribution in [3.05, 3.63) is 52.2 Å². The zero-order valence-corrected chi connectivity index (χ0v) is 24.7. The van der Waals surface area contributed by atoms with Gasteiger partial charge in [-0.1, -0.05) is 12.1 Å². The molecule has 2 aliphatic heterocycles. The second-order valence-electron chi connectivity index (χ2n) is 12.0. The van der Waals surface area contributed by atoms with Crippen molar-refractivity contribution in [1.82, 2.24) is 14.5 Å². The molecule has 1 N–H and O–H groups in total. The number of aliphatic hydroxyl groups excluding tert-OH is 1. The molecular weight excluding hydrogens is 531 g/mol. The van der Waals surface area contributed by atoms with Gasteiger partial charge in [0.25, 0.3) is 0 Å². The third kappa shape index (κ3) is 5.31. The summed E-state index contributed by atoms with van der Waals surface area (Å²) in [5.74, 6) is 0.822. The first-order valence-corrected chi connectivity index (χ1v) is 14.7. The number of aryl methyl sites for hydroxylation is 1. The van der Waals surface area contributed by atoms with Crippen LogP contribution < -0.4 is 10.6 Å². The quantitative estimate of drug-likeness (QED) is 0.473. The van der Waals surface area contributed by atoms with Crippen LogP contribution in [0.4, 0.5) is 15.0 Å². The summed E-state index contributed by atoms with van der Waals surface area (Å²) in [7, 11) is 0. The number of ether oxygens (including phenoxy) is 1. The molecule has 0 bridgehead atoms. The average molecular weight is 569 g/mol. The Labute approximate surface area is 238 Å². The van der Waals surface area contributed by atoms with E-state index in [4.69, 9.17) is 4.74 Å². The number of amides is 1. The van der Waals surface area contributed by atoms with E-state index in [1.54, 1.807) is 33.4 Å². The molecular formula is C30H37FN4O4S. The Morgan fingerprint density at radius 3 is 2.40 bits per heavy atom. The van der Waals surface area contributed by atoms with Gasteiger partial charge < -0.3 is 14.7 Å². The molecule has 1 fully saturated rings. The molecule has 1 amide bonds. The first-order valence-electron chi connectivity index (χ1n) is 13.7. The molecule has 8 nitrogen and oxygen atoms in total. The van der Waals surface area contributed by atoms with Crippen molar-refractivity contribution in [2.24, 2.45) is 5.92 Å². The lowest BCUT2D eigenvalue weighted by molar-refractivity contribution is 0.00561. The molecule has 3 atom stereocenters. The number of nitrogens with zero attached hydrogens (tertiary/aromatic N) is 4. The number of halogens is 1. The van der Waals surface area contributed by atoms with Gasteiger partial charge in [0, 0.05) is 53.8 Å². The Morgan fingerprint density at radius 1 is 1.15 bits per heavy atom. The second-order valence-corrected chi connectivity index (χ2v) is 13.0. The molecule has 2 aliphatic rings. The van der Waals surface area contributed by atoms with Crippen LogP contribution in [0, 0.1) is 18.7 Å². The number of anilines is 1. The van der Waals surface area contributed by atoms with E-state index < -0.39 is 5.60 Å². The van der Waals surface area contributed by atoms with Crippen LogP contribution in [0.3, 0.4) is 0 Å². The fraction of sp³-hybridized carbons (Fsp3) is 0.500. The van der Waals surface area contributed by atoms with E-state index in [1.165, 1.54) is 12.1 Å². The molecule has 1 aromatic heterocycles. The van der Waals surface area contributed by atoms with Crippen LogP contribution in [0.15, 0.2) is 40.0 Å². The Hall–Kier alpha value is -3.11. The predicted octanol–water partition coefficient (Wildman–Crippen LogP) is 5.06. The van der Waals surface area contributed by atoms with Crippen molar-refractivity contribution in [2.75, 3.05) is 30.3 Å². The third-order valence-corrected chi connectivity index (χ3v) is 8.84. The first-order chi connectivity index (χ1) is 18.9. The van der Waals surface area contributed by atoms with E-state index in [2.05, 4.69) is 16.0 Å². The fourth-order valence-electron chi connectivity index (χ4n) is 5.84. The SMILES string of the molecule is Cc1cc2c(N3C[C@@H](C)N(C(=O)OC(C)(C)C)[C@@H](C)C3)nc(=O)n3c2c(c1-c1ccc(F)cc1)SCC(CO)C3. The van der Waals surface area contributed by atoms with Gasteiger partial charge in [0.05, 0.1) is 17.6 Å². The number of hydrogen-bond donors (Lipinski definition) is 1. The normalized spacial score (nSPS) is 21.4. The number of carbonyl (C=O) groups is 1. The van der Waals surface area contributed by atoms with E-state index >= 15 is 0 Å². The van der Waals surface area contributed by atoms with E-state index in [9.17, 15) is 19.1 Å². The van der Waals surface area contributed by atoms with Crippen LogP contribution in [0.5, 0.6) is 0 Å². The van der Waals surface area contributed by atoms with Gasteiger partial charge in [0.1, 0.15) is 17.2 Å². The largest absolute Gasteiger partial charge is 0.444 e. The number of thioether (sulfide) groups is 1. The minimum atomic E-state index is -0.595. The average Bonchev–Trinajstić information content (AvgIpc) is 3.06. The molecule has 214 valence electrons. The highest BCUT2D eigenvalue weighted by atomic mass is 32.2. The number of hydrogen-bond acceptors (Lipinski definition) is 7. The maximum absolute atomic E-state index is 13.8. The summed E-state index contributed by atoms with van der Waals surface area (Å²) in [4.78, 5) is 36.0. The summed E-state index contributed by atoms with van der Waals surface area (Å²) < 4.78 is 21.1. The Kier molecular flexibility index (Phi) is 7.60. The zero-order valence-electron chi connectivity index (χ0n) is 23.9. The molecule has 5 rings (SSSR count). The first kappa shape index (κ1) is 28.4. The highest BCUT2D eigenvalue weighted by molar-refractivity contribution is 7.99. The number of piperazine rings is 1. The van der Waals surface area contributed by atoms with Crippen LogP contribution in [0.2, 0.25) is 0 Å². The summed E-state index contributed by atoms with van der Waals surface area (Å²) in [6.45, 7) is 12.9. The molecule has 10 heteroatoms. The third-order valence-electron chi connectivity index (χ3n) is 7.51. The van der Waals surface area contributed by atoms with Gasteiger partial charge in [-0.3, -0.25) is 9.47 Å². The number of aromatic nitrogens is 2. The molecule has 0 spiro atoms. The summed E-state index contributed by atoms with van der Waals surface area (Å²) >= 11 is 1.62. The van der Waals surface area contributed by atoms with Crippen LogP contribution in [-0.2, 0) is 11.3 Å². The van der Waals surface area contributed by atoms with E-state index in [0.717, 1.165) is 32.5 Å². The van der Waals surface area contributed by atoms with Gasteiger partial charge >= 0.3 is 11.8 Å². The van der Waals surface area contributed by atoms with Gasteiger partial charge in [0.15, 0.2) is 0 Å². The molecule has 0 saturated carbocycles. The Bertz CT molecular complexity index is 1490. The van der Waals surface area contributed by atoms with Crippen molar-refractivity contribution < 1.29 is 19.0 Å². The molecule has 3 aromatic rings. The van der Waals surface area contributed by atoms with E-state index in [0.29, 0.717) is 31.2 Å². The topological polar surface area (TPSA) is 87.9 Å². The summed E-state index contributed by atoms with van der Waals surface area (Å²) in [5.41, 5.74) is 2.65. The number of rotatable bonds is 3. The maximum atomic E-state index is 13.8. The molecule has 0 aliphatic carbocycles. The number of aliphatic hydroxyl groups is 1. The zero-order chi connectivity index (χ0) is 28.9. The van der Waals surface area contributed by atoms with Crippen LogP contribution in [0.1, 0.15) is 40.2 Å². The van der Waals surface area contributed by atoms with E-state index in [-0.39, 0.29) is 42.2 Å². The van der Waals surface area contributed by atoms with Crippen molar-refractivity contribution >= 4 is 34.6 Å². The van der Waals surface area contributed by atoms with Crippen molar-refractivity contribution in [1.29, 1.82) is 0 Å². The summed E-state index contributed by atoms with van der Waals surface area (Å²) in [5, 5.41) is 10.9. The fourth-order valence-corrected chi connectivity index (χ4v) is 7.23. The predicted molar refractivity (Wildman–Crippen MR) is 157 cm³/mol. The van der Waals surface area contributed by atoms with Crippen molar-refractivity contribution in [2.45, 2.75) is 70.7 Å². The number of carbonyl (C=O) groups excluding carboxylic acids is 1. The van der Waals surface area contributed by atoms with Crippen LogP contribution in [-0.4, -0.2) is 68.8 Å². The smallest absolute Gasteiger partial charge is 0.410 e. The maximum Gasteiger partial charge on any atom is 0.410 e. The minimum absolute atomic E-state index is 0.0385.